The highest BCUT2D eigenvalue weighted by Gasteiger charge is 2.12. The van der Waals surface area contributed by atoms with Gasteiger partial charge in [-0.05, 0) is 18.2 Å². The van der Waals surface area contributed by atoms with Crippen LogP contribution < -0.4 is 5.56 Å². The average molecular weight is 296 g/mol. The number of pyridine rings is 1. The Morgan fingerprint density at radius 3 is 2.62 bits per heavy atom. The zero-order valence-electron chi connectivity index (χ0n) is 10.9. The van der Waals surface area contributed by atoms with E-state index in [1.54, 1.807) is 12.3 Å². The zero-order chi connectivity index (χ0) is 14.4. The highest BCUT2D eigenvalue weighted by atomic mass is 35.5. The van der Waals surface area contributed by atoms with Crippen LogP contribution in [-0.4, -0.2) is 14.8 Å². The van der Waals surface area contributed by atoms with Gasteiger partial charge in [0.1, 0.15) is 0 Å². The van der Waals surface area contributed by atoms with Crippen molar-refractivity contribution in [3.63, 3.8) is 0 Å². The number of aromatic nitrogens is 3. The number of nitrogens with one attached hydrogen (secondary N) is 1. The second kappa shape index (κ2) is 4.46. The van der Waals surface area contributed by atoms with Crippen molar-refractivity contribution in [2.45, 2.75) is 0 Å². The Hall–Kier alpha value is -2.59. The SMILES string of the molecule is O=c1c2cnc3c(Cl)cccc3c2[nH]n1-c1ccccc1. The summed E-state index contributed by atoms with van der Waals surface area (Å²) in [5, 5.41) is 5.12. The fraction of sp³-hybridized carbons (Fsp3) is 0. The molecule has 0 saturated heterocycles. The molecule has 0 saturated carbocycles. The van der Waals surface area contributed by atoms with Gasteiger partial charge in [-0.1, -0.05) is 41.9 Å². The molecule has 4 rings (SSSR count). The van der Waals surface area contributed by atoms with E-state index in [4.69, 9.17) is 11.6 Å². The van der Waals surface area contributed by atoms with Crippen molar-refractivity contribution in [2.75, 3.05) is 0 Å². The number of halogens is 1. The first-order valence-electron chi connectivity index (χ1n) is 6.49. The Kier molecular flexibility index (Phi) is 2.59. The third-order valence-corrected chi connectivity index (χ3v) is 3.82. The molecule has 2 aromatic heterocycles. The molecule has 102 valence electrons. The third kappa shape index (κ3) is 1.76. The standard InChI is InChI=1S/C16H10ClN3O/c17-13-8-4-7-11-14-12(9-18-15(11)13)16(21)20(19-14)10-5-2-1-3-6-10/h1-9,19H. The summed E-state index contributed by atoms with van der Waals surface area (Å²) in [5.74, 6) is 0. The van der Waals surface area contributed by atoms with Crippen LogP contribution in [0, 0.1) is 0 Å². The van der Waals surface area contributed by atoms with Gasteiger partial charge in [-0.3, -0.25) is 14.9 Å². The van der Waals surface area contributed by atoms with E-state index in [2.05, 4.69) is 10.1 Å². The normalized spacial score (nSPS) is 11.3. The van der Waals surface area contributed by atoms with Crippen molar-refractivity contribution >= 4 is 33.4 Å². The van der Waals surface area contributed by atoms with Crippen LogP contribution in [-0.2, 0) is 0 Å². The van der Waals surface area contributed by atoms with Gasteiger partial charge in [0.15, 0.2) is 0 Å². The van der Waals surface area contributed by atoms with Crippen LogP contribution in [0.15, 0.2) is 59.5 Å². The average Bonchev–Trinajstić information content (AvgIpc) is 2.86. The highest BCUT2D eigenvalue weighted by molar-refractivity contribution is 6.35. The van der Waals surface area contributed by atoms with Crippen molar-refractivity contribution in [3.05, 3.63) is 70.1 Å². The quantitative estimate of drug-likeness (QED) is 0.584. The van der Waals surface area contributed by atoms with Gasteiger partial charge in [0, 0.05) is 11.6 Å². The van der Waals surface area contributed by atoms with Crippen LogP contribution >= 0.6 is 11.6 Å². The smallest absolute Gasteiger partial charge is 0.280 e. The van der Waals surface area contributed by atoms with Crippen molar-refractivity contribution in [1.29, 1.82) is 0 Å². The Morgan fingerprint density at radius 2 is 1.81 bits per heavy atom. The molecule has 0 atom stereocenters. The number of para-hydroxylation sites is 2. The molecule has 0 spiro atoms. The van der Waals surface area contributed by atoms with Gasteiger partial charge < -0.3 is 0 Å². The number of nitrogens with zero attached hydrogens (tertiary/aromatic N) is 2. The van der Waals surface area contributed by atoms with Crippen molar-refractivity contribution in [2.24, 2.45) is 0 Å². The molecule has 1 N–H and O–H groups in total. The van der Waals surface area contributed by atoms with Crippen LogP contribution in [0.5, 0.6) is 0 Å². The van der Waals surface area contributed by atoms with Gasteiger partial charge in [0.25, 0.3) is 5.56 Å². The molecule has 0 aliphatic rings. The maximum Gasteiger partial charge on any atom is 0.280 e. The third-order valence-electron chi connectivity index (χ3n) is 3.52. The van der Waals surface area contributed by atoms with E-state index in [1.165, 1.54) is 4.68 Å². The molecule has 5 heteroatoms. The van der Waals surface area contributed by atoms with E-state index >= 15 is 0 Å². The van der Waals surface area contributed by atoms with E-state index in [1.807, 2.05) is 42.5 Å². The molecular weight excluding hydrogens is 286 g/mol. The summed E-state index contributed by atoms with van der Waals surface area (Å²) in [6, 6.07) is 15.0. The van der Waals surface area contributed by atoms with E-state index in [9.17, 15) is 4.79 Å². The minimum Gasteiger partial charge on any atom is -0.290 e. The van der Waals surface area contributed by atoms with Crippen LogP contribution in [0.3, 0.4) is 0 Å². The molecular formula is C16H10ClN3O. The number of H-pyrrole nitrogens is 1. The van der Waals surface area contributed by atoms with Gasteiger partial charge in [0.2, 0.25) is 0 Å². The molecule has 2 aromatic carbocycles. The topological polar surface area (TPSA) is 50.7 Å². The summed E-state index contributed by atoms with van der Waals surface area (Å²) in [6.45, 7) is 0. The van der Waals surface area contributed by atoms with Crippen molar-refractivity contribution in [3.8, 4) is 5.69 Å². The molecule has 21 heavy (non-hydrogen) atoms. The maximum atomic E-state index is 12.5. The molecule has 0 aliphatic heterocycles. The molecule has 0 amide bonds. The summed E-state index contributed by atoms with van der Waals surface area (Å²) in [4.78, 5) is 16.8. The van der Waals surface area contributed by atoms with Gasteiger partial charge in [-0.15, -0.1) is 0 Å². The van der Waals surface area contributed by atoms with Crippen LogP contribution in [0.2, 0.25) is 5.02 Å². The zero-order valence-corrected chi connectivity index (χ0v) is 11.6. The Labute approximate surface area is 124 Å². The first kappa shape index (κ1) is 12.2. The largest absolute Gasteiger partial charge is 0.290 e. The van der Waals surface area contributed by atoms with Crippen LogP contribution in [0.4, 0.5) is 0 Å². The fourth-order valence-corrected chi connectivity index (χ4v) is 2.73. The van der Waals surface area contributed by atoms with Crippen molar-refractivity contribution in [1.82, 2.24) is 14.8 Å². The summed E-state index contributed by atoms with van der Waals surface area (Å²) in [6.07, 6.45) is 1.57. The summed E-state index contributed by atoms with van der Waals surface area (Å²) >= 11 is 6.16. The highest BCUT2D eigenvalue weighted by Crippen LogP contribution is 2.26. The van der Waals surface area contributed by atoms with Crippen LogP contribution in [0.1, 0.15) is 0 Å². The van der Waals surface area contributed by atoms with E-state index in [0.717, 1.165) is 16.6 Å². The van der Waals surface area contributed by atoms with E-state index in [-0.39, 0.29) is 5.56 Å². The minimum atomic E-state index is -0.120. The van der Waals surface area contributed by atoms with E-state index in [0.29, 0.717) is 15.9 Å². The fourth-order valence-electron chi connectivity index (χ4n) is 2.51. The van der Waals surface area contributed by atoms with E-state index < -0.39 is 0 Å². The number of hydrogen-bond acceptors (Lipinski definition) is 2. The summed E-state index contributed by atoms with van der Waals surface area (Å²) in [5.41, 5.74) is 2.10. The molecule has 4 nitrogen and oxygen atoms in total. The van der Waals surface area contributed by atoms with Gasteiger partial charge in [-0.2, -0.15) is 0 Å². The van der Waals surface area contributed by atoms with Gasteiger partial charge in [-0.25, -0.2) is 4.68 Å². The number of benzene rings is 2. The predicted octanol–water partition coefficient (Wildman–Crippen LogP) is 3.52. The first-order chi connectivity index (χ1) is 10.3. The second-order valence-corrected chi connectivity index (χ2v) is 5.18. The monoisotopic (exact) mass is 295 g/mol. The lowest BCUT2D eigenvalue weighted by Crippen LogP contribution is -2.13. The first-order valence-corrected chi connectivity index (χ1v) is 6.87. The van der Waals surface area contributed by atoms with Gasteiger partial charge >= 0.3 is 0 Å². The molecule has 0 radical (unpaired) electrons. The number of hydrogen-bond donors (Lipinski definition) is 1. The molecule has 4 aromatic rings. The molecule has 2 heterocycles. The number of fused-ring (bicyclic) bond motifs is 3. The molecule has 0 unspecified atom stereocenters. The second-order valence-electron chi connectivity index (χ2n) is 4.77. The lowest BCUT2D eigenvalue weighted by molar-refractivity contribution is 0.864. The van der Waals surface area contributed by atoms with Crippen LogP contribution in [0.25, 0.3) is 27.5 Å². The van der Waals surface area contributed by atoms with Crippen molar-refractivity contribution < 1.29 is 0 Å². The lowest BCUT2D eigenvalue weighted by atomic mass is 10.2. The summed E-state index contributed by atoms with van der Waals surface area (Å²) in [7, 11) is 0. The lowest BCUT2D eigenvalue weighted by Gasteiger charge is -2.00. The molecule has 0 aliphatic carbocycles. The Balaban J connectivity index is 2.13. The Morgan fingerprint density at radius 1 is 1.00 bits per heavy atom. The number of aromatic amines is 1. The number of rotatable bonds is 1. The Bertz CT molecular complexity index is 1020. The summed E-state index contributed by atoms with van der Waals surface area (Å²) < 4.78 is 1.52. The minimum absolute atomic E-state index is 0.120. The molecule has 0 bridgehead atoms. The predicted molar refractivity (Wildman–Crippen MR) is 84.2 cm³/mol. The molecule has 0 fully saturated rings. The maximum absolute atomic E-state index is 12.5. The van der Waals surface area contributed by atoms with Gasteiger partial charge in [0.05, 0.1) is 27.1 Å².